The van der Waals surface area contributed by atoms with E-state index in [4.69, 9.17) is 4.74 Å². The van der Waals surface area contributed by atoms with Crippen LogP contribution in [0.2, 0.25) is 0 Å². The highest BCUT2D eigenvalue weighted by atomic mass is 19.1. The van der Waals surface area contributed by atoms with Crippen molar-refractivity contribution in [2.45, 2.75) is 6.54 Å². The van der Waals surface area contributed by atoms with Gasteiger partial charge in [-0.1, -0.05) is 0 Å². The minimum Gasteiger partial charge on any atom is -0.497 e. The number of nitrogens with zero attached hydrogens (tertiary/aromatic N) is 3. The average Bonchev–Trinajstić information content (AvgIpc) is 2.83. The highest BCUT2D eigenvalue weighted by Gasteiger charge is 2.18. The fourth-order valence-corrected chi connectivity index (χ4v) is 1.83. The van der Waals surface area contributed by atoms with E-state index in [1.54, 1.807) is 25.5 Å². The van der Waals surface area contributed by atoms with E-state index in [2.05, 4.69) is 4.98 Å². The number of ether oxygens (including phenoxy) is 1. The van der Waals surface area contributed by atoms with Crippen molar-refractivity contribution in [2.75, 3.05) is 14.2 Å². The van der Waals surface area contributed by atoms with Gasteiger partial charge in [0.2, 0.25) is 0 Å². The number of hydrogen-bond donors (Lipinski definition) is 0. The van der Waals surface area contributed by atoms with E-state index in [1.807, 2.05) is 11.6 Å². The number of benzene rings is 1. The lowest BCUT2D eigenvalue weighted by Gasteiger charge is -2.17. The molecule has 0 fully saturated rings. The topological polar surface area (TPSA) is 47.4 Å². The second-order valence-electron chi connectivity index (χ2n) is 4.46. The number of aryl methyl sites for hydroxylation is 1. The SMILES string of the molecule is COc1ccc(C(=O)N(C)Cc2nccn2C)c(F)c1. The minimum absolute atomic E-state index is 0.0162. The second-order valence-corrected chi connectivity index (χ2v) is 4.46. The molecule has 20 heavy (non-hydrogen) atoms. The quantitative estimate of drug-likeness (QED) is 0.856. The zero-order valence-electron chi connectivity index (χ0n) is 11.6. The van der Waals surface area contributed by atoms with Gasteiger partial charge in [0.05, 0.1) is 19.2 Å². The van der Waals surface area contributed by atoms with Crippen LogP contribution in [0.25, 0.3) is 0 Å². The molecule has 6 heteroatoms. The molecule has 5 nitrogen and oxygen atoms in total. The molecule has 1 amide bonds. The van der Waals surface area contributed by atoms with Gasteiger partial charge in [-0.15, -0.1) is 0 Å². The number of amides is 1. The summed E-state index contributed by atoms with van der Waals surface area (Å²) >= 11 is 0. The molecule has 0 aliphatic rings. The van der Waals surface area contributed by atoms with Crippen molar-refractivity contribution in [2.24, 2.45) is 7.05 Å². The van der Waals surface area contributed by atoms with Crippen LogP contribution in [0.4, 0.5) is 4.39 Å². The van der Waals surface area contributed by atoms with Gasteiger partial charge in [-0.3, -0.25) is 4.79 Å². The molecule has 1 aromatic carbocycles. The van der Waals surface area contributed by atoms with E-state index < -0.39 is 11.7 Å². The third-order valence-corrected chi connectivity index (χ3v) is 3.05. The van der Waals surface area contributed by atoms with Crippen LogP contribution < -0.4 is 4.74 Å². The van der Waals surface area contributed by atoms with Crippen molar-refractivity contribution in [3.05, 3.63) is 47.8 Å². The Morgan fingerprint density at radius 2 is 2.25 bits per heavy atom. The Labute approximate surface area is 116 Å². The monoisotopic (exact) mass is 277 g/mol. The van der Waals surface area contributed by atoms with Gasteiger partial charge in [0, 0.05) is 32.6 Å². The molecule has 1 heterocycles. The van der Waals surface area contributed by atoms with Gasteiger partial charge in [-0.25, -0.2) is 9.37 Å². The first-order valence-electron chi connectivity index (χ1n) is 6.08. The maximum atomic E-state index is 13.9. The normalized spacial score (nSPS) is 10.4. The second kappa shape index (κ2) is 5.73. The molecule has 2 aromatic rings. The van der Waals surface area contributed by atoms with E-state index in [9.17, 15) is 9.18 Å². The van der Waals surface area contributed by atoms with Gasteiger partial charge in [0.25, 0.3) is 5.91 Å². The maximum Gasteiger partial charge on any atom is 0.256 e. The third-order valence-electron chi connectivity index (χ3n) is 3.05. The standard InChI is InChI=1S/C14H16FN3O2/c1-17-7-6-16-13(17)9-18(2)14(19)11-5-4-10(20-3)8-12(11)15/h4-8H,9H2,1-3H3. The van der Waals surface area contributed by atoms with Gasteiger partial charge in [0.1, 0.15) is 17.4 Å². The number of hydrogen-bond acceptors (Lipinski definition) is 3. The fourth-order valence-electron chi connectivity index (χ4n) is 1.83. The molecule has 0 bridgehead atoms. The number of imidazole rings is 1. The summed E-state index contributed by atoms with van der Waals surface area (Å²) < 4.78 is 20.6. The molecule has 1 aromatic heterocycles. The van der Waals surface area contributed by atoms with Gasteiger partial charge >= 0.3 is 0 Å². The van der Waals surface area contributed by atoms with Crippen LogP contribution in [-0.4, -0.2) is 34.5 Å². The van der Waals surface area contributed by atoms with Crippen molar-refractivity contribution in [1.29, 1.82) is 0 Å². The van der Waals surface area contributed by atoms with Crippen LogP contribution in [0.5, 0.6) is 5.75 Å². The molecule has 0 saturated carbocycles. The summed E-state index contributed by atoms with van der Waals surface area (Å²) in [5, 5.41) is 0. The van der Waals surface area contributed by atoms with Crippen molar-refractivity contribution in [3.63, 3.8) is 0 Å². The van der Waals surface area contributed by atoms with Gasteiger partial charge in [-0.05, 0) is 12.1 Å². The van der Waals surface area contributed by atoms with Gasteiger partial charge < -0.3 is 14.2 Å². The zero-order chi connectivity index (χ0) is 14.7. The summed E-state index contributed by atoms with van der Waals surface area (Å²) in [7, 11) is 4.90. The van der Waals surface area contributed by atoms with Crippen LogP contribution in [0.1, 0.15) is 16.2 Å². The summed E-state index contributed by atoms with van der Waals surface area (Å²) in [6.45, 7) is 0.313. The Hall–Kier alpha value is -2.37. The van der Waals surface area contributed by atoms with E-state index in [0.29, 0.717) is 12.3 Å². The Morgan fingerprint density at radius 3 is 2.80 bits per heavy atom. The van der Waals surface area contributed by atoms with Crippen molar-refractivity contribution >= 4 is 5.91 Å². The molecule has 0 aliphatic heterocycles. The number of aromatic nitrogens is 2. The van der Waals surface area contributed by atoms with Crippen LogP contribution in [0, 0.1) is 5.82 Å². The smallest absolute Gasteiger partial charge is 0.256 e. The molecule has 0 saturated heterocycles. The Balaban J connectivity index is 2.16. The van der Waals surface area contributed by atoms with Gasteiger partial charge in [0.15, 0.2) is 0 Å². The maximum absolute atomic E-state index is 13.9. The first kappa shape index (κ1) is 14.0. The van der Waals surface area contributed by atoms with Crippen LogP contribution in [0.15, 0.2) is 30.6 Å². The van der Waals surface area contributed by atoms with Crippen LogP contribution in [-0.2, 0) is 13.6 Å². The first-order chi connectivity index (χ1) is 9.52. The van der Waals surface area contributed by atoms with Gasteiger partial charge in [-0.2, -0.15) is 0 Å². The molecule has 0 radical (unpaired) electrons. The zero-order valence-corrected chi connectivity index (χ0v) is 11.6. The highest BCUT2D eigenvalue weighted by molar-refractivity contribution is 5.94. The summed E-state index contributed by atoms with van der Waals surface area (Å²) in [6, 6.07) is 4.18. The number of halogens is 1. The number of rotatable bonds is 4. The molecule has 0 N–H and O–H groups in total. The van der Waals surface area contributed by atoms with Crippen molar-refractivity contribution < 1.29 is 13.9 Å². The van der Waals surface area contributed by atoms with Crippen molar-refractivity contribution in [1.82, 2.24) is 14.5 Å². The molecule has 106 valence electrons. The Bertz CT molecular complexity index is 625. The first-order valence-corrected chi connectivity index (χ1v) is 6.08. The largest absolute Gasteiger partial charge is 0.497 e. The number of methoxy groups -OCH3 is 1. The molecular formula is C14H16FN3O2. The minimum atomic E-state index is -0.596. The summed E-state index contributed by atoms with van der Waals surface area (Å²) in [6.07, 6.45) is 3.45. The number of carbonyl (C=O) groups is 1. The predicted molar refractivity (Wildman–Crippen MR) is 72.0 cm³/mol. The lowest BCUT2D eigenvalue weighted by molar-refractivity contribution is 0.0776. The predicted octanol–water partition coefficient (Wildman–Crippen LogP) is 1.84. The summed E-state index contributed by atoms with van der Waals surface area (Å²) in [5.74, 6) is 0.120. The number of carbonyl (C=O) groups excluding carboxylic acids is 1. The Morgan fingerprint density at radius 1 is 1.50 bits per heavy atom. The molecule has 0 aliphatic carbocycles. The van der Waals surface area contributed by atoms with E-state index >= 15 is 0 Å². The molecular weight excluding hydrogens is 261 g/mol. The summed E-state index contributed by atoms with van der Waals surface area (Å²) in [4.78, 5) is 17.8. The highest BCUT2D eigenvalue weighted by Crippen LogP contribution is 2.18. The lowest BCUT2D eigenvalue weighted by atomic mass is 10.2. The van der Waals surface area contributed by atoms with Crippen LogP contribution in [0.3, 0.4) is 0 Å². The lowest BCUT2D eigenvalue weighted by Crippen LogP contribution is -2.28. The summed E-state index contributed by atoms with van der Waals surface area (Å²) in [5.41, 5.74) is 0.0162. The van der Waals surface area contributed by atoms with E-state index in [-0.39, 0.29) is 5.56 Å². The Kier molecular flexibility index (Phi) is 4.02. The van der Waals surface area contributed by atoms with Crippen molar-refractivity contribution in [3.8, 4) is 5.75 Å². The molecule has 0 spiro atoms. The average molecular weight is 277 g/mol. The van der Waals surface area contributed by atoms with E-state index in [0.717, 1.165) is 5.82 Å². The van der Waals surface area contributed by atoms with E-state index in [1.165, 1.54) is 24.1 Å². The molecule has 2 rings (SSSR count). The van der Waals surface area contributed by atoms with Crippen LogP contribution >= 0.6 is 0 Å². The fraction of sp³-hybridized carbons (Fsp3) is 0.286. The molecule has 0 unspecified atom stereocenters. The molecule has 0 atom stereocenters. The third kappa shape index (κ3) is 2.79.